The molecule has 0 saturated heterocycles. The summed E-state index contributed by atoms with van der Waals surface area (Å²) in [4.78, 5) is 18.9. The summed E-state index contributed by atoms with van der Waals surface area (Å²) in [6.07, 6.45) is 3.78. The molecule has 5 nitrogen and oxygen atoms in total. The van der Waals surface area contributed by atoms with Gasteiger partial charge in [-0.15, -0.1) is 0 Å². The minimum absolute atomic E-state index is 0.111. The topological polar surface area (TPSA) is 62.5 Å². The number of aromatic nitrogens is 1. The first-order chi connectivity index (χ1) is 7.52. The number of amides is 1. The molecule has 5 heteroatoms. The summed E-state index contributed by atoms with van der Waals surface area (Å²) >= 11 is 0. The van der Waals surface area contributed by atoms with E-state index in [9.17, 15) is 4.79 Å². The lowest BCUT2D eigenvalue weighted by Crippen LogP contribution is -2.28. The summed E-state index contributed by atoms with van der Waals surface area (Å²) in [5, 5.41) is 0. The Bertz CT molecular complexity index is 365. The SMILES string of the molecule is CN(C)C(=O)CCN(C)c1ccncc1N. The van der Waals surface area contributed by atoms with Crippen LogP contribution in [0.15, 0.2) is 18.5 Å². The van der Waals surface area contributed by atoms with Crippen LogP contribution in [0.5, 0.6) is 0 Å². The molecule has 88 valence electrons. The minimum Gasteiger partial charge on any atom is -0.396 e. The van der Waals surface area contributed by atoms with Gasteiger partial charge in [-0.25, -0.2) is 0 Å². The van der Waals surface area contributed by atoms with Crippen molar-refractivity contribution in [1.29, 1.82) is 0 Å². The largest absolute Gasteiger partial charge is 0.396 e. The van der Waals surface area contributed by atoms with E-state index in [2.05, 4.69) is 4.98 Å². The Kier molecular flexibility index (Phi) is 4.10. The summed E-state index contributed by atoms with van der Waals surface area (Å²) < 4.78 is 0. The molecule has 0 fully saturated rings. The number of rotatable bonds is 4. The molecular formula is C11H18N4O. The number of carbonyl (C=O) groups is 1. The quantitative estimate of drug-likeness (QED) is 0.809. The molecule has 1 amide bonds. The second-order valence-corrected chi connectivity index (χ2v) is 3.89. The first-order valence-electron chi connectivity index (χ1n) is 5.13. The smallest absolute Gasteiger partial charge is 0.223 e. The zero-order valence-corrected chi connectivity index (χ0v) is 9.97. The van der Waals surface area contributed by atoms with Crippen molar-refractivity contribution >= 4 is 17.3 Å². The second kappa shape index (κ2) is 5.34. The first kappa shape index (κ1) is 12.3. The number of nitrogens with zero attached hydrogens (tertiary/aromatic N) is 3. The number of pyridine rings is 1. The predicted octanol–water partition coefficient (Wildman–Crippen LogP) is 0.578. The van der Waals surface area contributed by atoms with Crippen molar-refractivity contribution in [2.24, 2.45) is 0 Å². The highest BCUT2D eigenvalue weighted by atomic mass is 16.2. The van der Waals surface area contributed by atoms with E-state index in [0.29, 0.717) is 18.7 Å². The Morgan fingerprint density at radius 3 is 2.69 bits per heavy atom. The van der Waals surface area contributed by atoms with Crippen LogP contribution < -0.4 is 10.6 Å². The third-order valence-electron chi connectivity index (χ3n) is 2.40. The van der Waals surface area contributed by atoms with Gasteiger partial charge in [0.15, 0.2) is 0 Å². The van der Waals surface area contributed by atoms with E-state index in [0.717, 1.165) is 5.69 Å². The Balaban J connectivity index is 2.56. The minimum atomic E-state index is 0.111. The van der Waals surface area contributed by atoms with Gasteiger partial charge in [0.25, 0.3) is 0 Å². The Hall–Kier alpha value is -1.78. The summed E-state index contributed by atoms with van der Waals surface area (Å²) in [6, 6.07) is 1.84. The van der Waals surface area contributed by atoms with E-state index in [1.807, 2.05) is 18.0 Å². The maximum Gasteiger partial charge on any atom is 0.223 e. The lowest BCUT2D eigenvalue weighted by molar-refractivity contribution is -0.128. The molecule has 0 saturated carbocycles. The Labute approximate surface area is 95.9 Å². The predicted molar refractivity (Wildman–Crippen MR) is 65.2 cm³/mol. The van der Waals surface area contributed by atoms with E-state index in [1.54, 1.807) is 31.4 Å². The van der Waals surface area contributed by atoms with Gasteiger partial charge in [0.2, 0.25) is 5.91 Å². The molecule has 0 radical (unpaired) electrons. The standard InChI is InChI=1S/C11H18N4O/c1-14(2)11(16)5-7-15(3)10-4-6-13-8-9(10)12/h4,6,8H,5,7,12H2,1-3H3. The third-order valence-corrected chi connectivity index (χ3v) is 2.40. The van der Waals surface area contributed by atoms with E-state index in [-0.39, 0.29) is 5.91 Å². The fourth-order valence-electron chi connectivity index (χ4n) is 1.35. The molecule has 0 bridgehead atoms. The van der Waals surface area contributed by atoms with Crippen LogP contribution in [0.4, 0.5) is 11.4 Å². The van der Waals surface area contributed by atoms with Crippen molar-refractivity contribution in [3.05, 3.63) is 18.5 Å². The highest BCUT2D eigenvalue weighted by molar-refractivity contribution is 5.76. The van der Waals surface area contributed by atoms with Crippen LogP contribution in [-0.2, 0) is 4.79 Å². The average Bonchev–Trinajstić information content (AvgIpc) is 2.25. The van der Waals surface area contributed by atoms with E-state index in [4.69, 9.17) is 5.73 Å². The van der Waals surface area contributed by atoms with Crippen LogP contribution >= 0.6 is 0 Å². The monoisotopic (exact) mass is 222 g/mol. The van der Waals surface area contributed by atoms with Crippen LogP contribution in [0.3, 0.4) is 0 Å². The summed E-state index contributed by atoms with van der Waals surface area (Å²) in [5.41, 5.74) is 7.32. The van der Waals surface area contributed by atoms with Gasteiger partial charge in [-0.05, 0) is 6.07 Å². The number of hydrogen-bond acceptors (Lipinski definition) is 4. The van der Waals surface area contributed by atoms with Gasteiger partial charge in [0.1, 0.15) is 0 Å². The van der Waals surface area contributed by atoms with Gasteiger partial charge in [0, 0.05) is 40.3 Å². The van der Waals surface area contributed by atoms with E-state index in [1.165, 1.54) is 0 Å². The molecule has 0 aliphatic rings. The molecule has 1 aromatic rings. The molecule has 0 aromatic carbocycles. The molecule has 1 aromatic heterocycles. The van der Waals surface area contributed by atoms with Crippen LogP contribution in [0.1, 0.15) is 6.42 Å². The molecule has 0 unspecified atom stereocenters. The number of nitrogen functional groups attached to an aromatic ring is 1. The number of nitrogens with two attached hydrogens (primary N) is 1. The van der Waals surface area contributed by atoms with Gasteiger partial charge in [0.05, 0.1) is 17.6 Å². The fraction of sp³-hybridized carbons (Fsp3) is 0.455. The average molecular weight is 222 g/mol. The van der Waals surface area contributed by atoms with Crippen molar-refractivity contribution in [3.8, 4) is 0 Å². The zero-order chi connectivity index (χ0) is 12.1. The number of hydrogen-bond donors (Lipinski definition) is 1. The van der Waals surface area contributed by atoms with Gasteiger partial charge in [-0.1, -0.05) is 0 Å². The van der Waals surface area contributed by atoms with E-state index >= 15 is 0 Å². The number of carbonyl (C=O) groups excluding carboxylic acids is 1. The van der Waals surface area contributed by atoms with Crippen LogP contribution in [0.25, 0.3) is 0 Å². The molecule has 0 aliphatic carbocycles. The van der Waals surface area contributed by atoms with Crippen LogP contribution in [0, 0.1) is 0 Å². The molecule has 0 aliphatic heterocycles. The summed E-state index contributed by atoms with van der Waals surface area (Å²) in [6.45, 7) is 0.644. The highest BCUT2D eigenvalue weighted by Gasteiger charge is 2.08. The highest BCUT2D eigenvalue weighted by Crippen LogP contribution is 2.19. The lowest BCUT2D eigenvalue weighted by Gasteiger charge is -2.21. The molecule has 16 heavy (non-hydrogen) atoms. The van der Waals surface area contributed by atoms with Gasteiger partial charge < -0.3 is 15.5 Å². The van der Waals surface area contributed by atoms with Crippen molar-refractivity contribution in [2.45, 2.75) is 6.42 Å². The van der Waals surface area contributed by atoms with Crippen LogP contribution in [-0.4, -0.2) is 43.5 Å². The molecule has 2 N–H and O–H groups in total. The summed E-state index contributed by atoms with van der Waals surface area (Å²) in [5.74, 6) is 0.111. The normalized spacial score (nSPS) is 9.94. The van der Waals surface area contributed by atoms with E-state index < -0.39 is 0 Å². The Morgan fingerprint density at radius 1 is 1.44 bits per heavy atom. The molecular weight excluding hydrogens is 204 g/mol. The van der Waals surface area contributed by atoms with Crippen molar-refractivity contribution < 1.29 is 4.79 Å². The van der Waals surface area contributed by atoms with Crippen molar-refractivity contribution in [1.82, 2.24) is 9.88 Å². The second-order valence-electron chi connectivity index (χ2n) is 3.89. The number of anilines is 2. The molecule has 1 heterocycles. The lowest BCUT2D eigenvalue weighted by atomic mass is 10.3. The zero-order valence-electron chi connectivity index (χ0n) is 9.97. The summed E-state index contributed by atoms with van der Waals surface area (Å²) in [7, 11) is 5.42. The molecule has 0 atom stereocenters. The van der Waals surface area contributed by atoms with Gasteiger partial charge in [-0.3, -0.25) is 9.78 Å². The Morgan fingerprint density at radius 2 is 2.12 bits per heavy atom. The first-order valence-corrected chi connectivity index (χ1v) is 5.13. The molecule has 1 rings (SSSR count). The fourth-order valence-corrected chi connectivity index (χ4v) is 1.35. The third kappa shape index (κ3) is 3.12. The maximum atomic E-state index is 11.4. The maximum absolute atomic E-state index is 11.4. The van der Waals surface area contributed by atoms with Crippen molar-refractivity contribution in [3.63, 3.8) is 0 Å². The molecule has 0 spiro atoms. The van der Waals surface area contributed by atoms with Crippen molar-refractivity contribution in [2.75, 3.05) is 38.3 Å². The van der Waals surface area contributed by atoms with Gasteiger partial charge >= 0.3 is 0 Å². The van der Waals surface area contributed by atoms with Crippen LogP contribution in [0.2, 0.25) is 0 Å². The van der Waals surface area contributed by atoms with Gasteiger partial charge in [-0.2, -0.15) is 0 Å².